The Morgan fingerprint density at radius 1 is 0.964 bits per heavy atom. The highest BCUT2D eigenvalue weighted by Crippen LogP contribution is 2.28. The first-order valence-electron chi connectivity index (χ1n) is 12.1. The monoisotopic (exact) mass is 395 g/mol. The normalized spacial score (nSPS) is 18.9. The highest BCUT2D eigenvalue weighted by molar-refractivity contribution is 5.83. The summed E-state index contributed by atoms with van der Waals surface area (Å²) >= 11 is 0. The second kappa shape index (κ2) is 15.8. The Morgan fingerprint density at radius 2 is 1.50 bits per heavy atom. The molecule has 1 fully saturated rings. The molecule has 0 aromatic carbocycles. The van der Waals surface area contributed by atoms with Crippen LogP contribution in [0.15, 0.2) is 0 Å². The third-order valence-electron chi connectivity index (χ3n) is 6.35. The van der Waals surface area contributed by atoms with Crippen molar-refractivity contribution in [2.24, 2.45) is 11.8 Å². The zero-order valence-corrected chi connectivity index (χ0v) is 18.6. The highest BCUT2D eigenvalue weighted by Gasteiger charge is 2.31. The fraction of sp³-hybridized carbons (Fsp3) is 0.917. The highest BCUT2D eigenvalue weighted by atomic mass is 16.4. The fourth-order valence-electron chi connectivity index (χ4n) is 4.49. The molecule has 0 saturated carbocycles. The summed E-state index contributed by atoms with van der Waals surface area (Å²) in [4.78, 5) is 25.3. The number of carbonyl (C=O) groups excluding carboxylic acids is 1. The maximum atomic E-state index is 12.7. The Hall–Kier alpha value is -1.06. The molecule has 2 unspecified atom stereocenters. The molecule has 28 heavy (non-hydrogen) atoms. The zero-order chi connectivity index (χ0) is 20.6. The Morgan fingerprint density at radius 3 is 2.04 bits per heavy atom. The Labute approximate surface area is 173 Å². The van der Waals surface area contributed by atoms with Crippen LogP contribution in [-0.2, 0) is 9.59 Å². The van der Waals surface area contributed by atoms with Crippen LogP contribution in [0.4, 0.5) is 0 Å². The summed E-state index contributed by atoms with van der Waals surface area (Å²) in [6.07, 6.45) is 20.2. The number of carboxylic acids is 1. The molecule has 1 aliphatic rings. The smallest absolute Gasteiger partial charge is 0.323 e. The molecule has 1 aliphatic heterocycles. The number of aliphatic carboxylic acids is 1. The molecule has 0 aliphatic carbocycles. The summed E-state index contributed by atoms with van der Waals surface area (Å²) in [6.45, 7) is 4.92. The van der Waals surface area contributed by atoms with Gasteiger partial charge in [-0.15, -0.1) is 0 Å². The molecule has 4 nitrogen and oxygen atoms in total. The fourth-order valence-corrected chi connectivity index (χ4v) is 4.49. The van der Waals surface area contributed by atoms with E-state index >= 15 is 0 Å². The maximum Gasteiger partial charge on any atom is 0.323 e. The maximum absolute atomic E-state index is 12.7. The summed E-state index contributed by atoms with van der Waals surface area (Å²) in [5, 5.41) is 9.03. The summed E-state index contributed by atoms with van der Waals surface area (Å²) in [5.41, 5.74) is 0. The lowest BCUT2D eigenvalue weighted by atomic mass is 9.85. The van der Waals surface area contributed by atoms with E-state index in [4.69, 9.17) is 5.11 Å². The minimum atomic E-state index is -0.900. The molecule has 0 aromatic rings. The van der Waals surface area contributed by atoms with Crippen LogP contribution in [0.25, 0.3) is 0 Å². The van der Waals surface area contributed by atoms with E-state index in [1.54, 1.807) is 4.90 Å². The van der Waals surface area contributed by atoms with Gasteiger partial charge in [-0.25, -0.2) is 0 Å². The Balaban J connectivity index is 2.09. The summed E-state index contributed by atoms with van der Waals surface area (Å²) in [5.74, 6) is -0.437. The van der Waals surface area contributed by atoms with Gasteiger partial charge < -0.3 is 10.0 Å². The largest absolute Gasteiger partial charge is 0.480 e. The third-order valence-corrected chi connectivity index (χ3v) is 6.35. The number of unbranched alkanes of at least 4 members (excludes halogenated alkanes) is 11. The molecule has 0 spiro atoms. The third kappa shape index (κ3) is 11.1. The second-order valence-corrected chi connectivity index (χ2v) is 8.91. The van der Waals surface area contributed by atoms with Crippen LogP contribution >= 0.6 is 0 Å². The Bertz CT molecular complexity index is 424. The van der Waals surface area contributed by atoms with Gasteiger partial charge in [-0.3, -0.25) is 9.59 Å². The molecule has 4 heteroatoms. The van der Waals surface area contributed by atoms with E-state index < -0.39 is 5.97 Å². The van der Waals surface area contributed by atoms with Crippen molar-refractivity contribution in [3.05, 3.63) is 0 Å². The number of nitrogens with zero attached hydrogens (tertiary/aromatic N) is 1. The molecule has 0 bridgehead atoms. The van der Waals surface area contributed by atoms with Gasteiger partial charge in [0, 0.05) is 12.5 Å². The van der Waals surface area contributed by atoms with E-state index in [1.165, 1.54) is 77.0 Å². The van der Waals surface area contributed by atoms with Gasteiger partial charge in [0.05, 0.1) is 0 Å². The summed E-state index contributed by atoms with van der Waals surface area (Å²) < 4.78 is 0. The topological polar surface area (TPSA) is 57.6 Å². The van der Waals surface area contributed by atoms with Crippen LogP contribution in [-0.4, -0.2) is 35.0 Å². The van der Waals surface area contributed by atoms with Gasteiger partial charge in [0.15, 0.2) is 0 Å². The minimum absolute atomic E-state index is 0.0227. The predicted molar refractivity (Wildman–Crippen MR) is 116 cm³/mol. The summed E-state index contributed by atoms with van der Waals surface area (Å²) in [7, 11) is 0. The van der Waals surface area contributed by atoms with Crippen molar-refractivity contribution >= 4 is 11.9 Å². The second-order valence-electron chi connectivity index (χ2n) is 8.91. The SMILES string of the molecule is CCCCCCCCCCCCCCC(C)C1CCCCN(CC(=O)O)C1=O. The molecule has 1 N–H and O–H groups in total. The zero-order valence-electron chi connectivity index (χ0n) is 18.6. The van der Waals surface area contributed by atoms with Gasteiger partial charge in [-0.2, -0.15) is 0 Å². The van der Waals surface area contributed by atoms with Gasteiger partial charge in [-0.05, 0) is 25.2 Å². The molecular weight excluding hydrogens is 350 g/mol. The van der Waals surface area contributed by atoms with Crippen LogP contribution in [0.5, 0.6) is 0 Å². The quantitative estimate of drug-likeness (QED) is 0.306. The predicted octanol–water partition coefficient (Wildman–Crippen LogP) is 6.43. The van der Waals surface area contributed by atoms with E-state index in [9.17, 15) is 9.59 Å². The number of carbonyl (C=O) groups is 2. The average molecular weight is 396 g/mol. The lowest BCUT2D eigenvalue weighted by Crippen LogP contribution is -2.40. The Kier molecular flexibility index (Phi) is 14.1. The van der Waals surface area contributed by atoms with Crippen LogP contribution in [0.1, 0.15) is 117 Å². The van der Waals surface area contributed by atoms with Crippen molar-refractivity contribution in [2.75, 3.05) is 13.1 Å². The van der Waals surface area contributed by atoms with Crippen LogP contribution < -0.4 is 0 Å². The van der Waals surface area contributed by atoms with Gasteiger partial charge in [0.2, 0.25) is 5.91 Å². The van der Waals surface area contributed by atoms with E-state index in [-0.39, 0.29) is 18.4 Å². The van der Waals surface area contributed by atoms with Crippen molar-refractivity contribution < 1.29 is 14.7 Å². The van der Waals surface area contributed by atoms with Crippen LogP contribution in [0, 0.1) is 11.8 Å². The minimum Gasteiger partial charge on any atom is -0.480 e. The van der Waals surface area contributed by atoms with Gasteiger partial charge in [0.25, 0.3) is 0 Å². The van der Waals surface area contributed by atoms with E-state index in [0.717, 1.165) is 25.7 Å². The van der Waals surface area contributed by atoms with E-state index in [2.05, 4.69) is 13.8 Å². The number of amides is 1. The molecule has 0 radical (unpaired) electrons. The lowest BCUT2D eigenvalue weighted by molar-refractivity contribution is -0.146. The standard InChI is InChI=1S/C24H45NO3/c1-3-4-5-6-7-8-9-10-11-12-13-14-17-21(2)22-18-15-16-19-25(24(22)28)20-23(26)27/h21-22H,3-20H2,1-2H3,(H,26,27). The molecule has 0 aromatic heterocycles. The van der Waals surface area contributed by atoms with Crippen molar-refractivity contribution in [3.63, 3.8) is 0 Å². The van der Waals surface area contributed by atoms with Crippen LogP contribution in [0.3, 0.4) is 0 Å². The van der Waals surface area contributed by atoms with Crippen molar-refractivity contribution in [1.82, 2.24) is 4.90 Å². The number of hydrogen-bond donors (Lipinski definition) is 1. The lowest BCUT2D eigenvalue weighted by Gasteiger charge is -2.26. The first kappa shape index (κ1) is 25.0. The molecule has 164 valence electrons. The molecule has 1 heterocycles. The van der Waals surface area contributed by atoms with E-state index in [0.29, 0.717) is 12.5 Å². The molecule has 2 atom stereocenters. The molecule has 1 amide bonds. The average Bonchev–Trinajstić information content (AvgIpc) is 2.84. The number of likely N-dealkylation sites (tertiary alicyclic amines) is 1. The van der Waals surface area contributed by atoms with Crippen LogP contribution in [0.2, 0.25) is 0 Å². The van der Waals surface area contributed by atoms with E-state index in [1.807, 2.05) is 0 Å². The number of hydrogen-bond acceptors (Lipinski definition) is 2. The first-order chi connectivity index (χ1) is 13.6. The van der Waals surface area contributed by atoms with Crippen molar-refractivity contribution in [2.45, 2.75) is 117 Å². The van der Waals surface area contributed by atoms with Crippen molar-refractivity contribution in [1.29, 1.82) is 0 Å². The molecular formula is C24H45NO3. The number of carboxylic acid groups (broad SMARTS) is 1. The van der Waals surface area contributed by atoms with Crippen molar-refractivity contribution in [3.8, 4) is 0 Å². The molecule has 1 saturated heterocycles. The molecule has 1 rings (SSSR count). The van der Waals surface area contributed by atoms with Gasteiger partial charge in [0.1, 0.15) is 6.54 Å². The number of rotatable bonds is 16. The summed E-state index contributed by atoms with van der Waals surface area (Å²) in [6, 6.07) is 0. The first-order valence-corrected chi connectivity index (χ1v) is 12.1. The van der Waals surface area contributed by atoms with Gasteiger partial charge in [-0.1, -0.05) is 97.3 Å². The van der Waals surface area contributed by atoms with Gasteiger partial charge >= 0.3 is 5.97 Å².